The Hall–Kier alpha value is -1.43. The monoisotopic (exact) mass is 195 g/mol. The van der Waals surface area contributed by atoms with Crippen LogP contribution in [-0.4, -0.2) is 27.6 Å². The van der Waals surface area contributed by atoms with Crippen molar-refractivity contribution in [1.29, 1.82) is 0 Å². The number of allylic oxidation sites excluding steroid dienone is 1. The highest BCUT2D eigenvalue weighted by molar-refractivity contribution is 7.71. The van der Waals surface area contributed by atoms with Gasteiger partial charge in [-0.15, -0.1) is 5.10 Å². The number of aromatic amines is 1. The third kappa shape index (κ3) is 1.40. The predicted molar refractivity (Wildman–Crippen MR) is 53.4 cm³/mol. The molecule has 0 saturated heterocycles. The fourth-order valence-corrected chi connectivity index (χ4v) is 1.24. The molecule has 6 heteroatoms. The highest BCUT2D eigenvalue weighted by atomic mass is 32.1. The fourth-order valence-electron chi connectivity index (χ4n) is 1.11. The summed E-state index contributed by atoms with van der Waals surface area (Å²) in [5.41, 5.74) is 0. The van der Waals surface area contributed by atoms with Crippen molar-refractivity contribution in [3.63, 3.8) is 0 Å². The first kappa shape index (κ1) is 8.18. The third-order valence-electron chi connectivity index (χ3n) is 1.80. The van der Waals surface area contributed by atoms with Crippen molar-refractivity contribution in [1.82, 2.24) is 14.8 Å². The number of rotatable bonds is 1. The van der Waals surface area contributed by atoms with Crippen LogP contribution in [0.15, 0.2) is 17.3 Å². The van der Waals surface area contributed by atoms with Crippen molar-refractivity contribution in [3.8, 4) is 0 Å². The molecule has 0 amide bonds. The van der Waals surface area contributed by atoms with Gasteiger partial charge < -0.3 is 0 Å². The molecule has 1 aliphatic heterocycles. The molecule has 1 aliphatic rings. The maximum Gasteiger partial charge on any atom is 0.231 e. The summed E-state index contributed by atoms with van der Waals surface area (Å²) in [5.74, 6) is 0.776. The van der Waals surface area contributed by atoms with Gasteiger partial charge in [-0.25, -0.2) is 5.10 Å². The number of nitrogens with one attached hydrogen (secondary N) is 1. The maximum absolute atomic E-state index is 5.00. The van der Waals surface area contributed by atoms with Gasteiger partial charge in [-0.05, 0) is 18.3 Å². The quantitative estimate of drug-likeness (QED) is 0.675. The molecule has 1 N–H and O–H groups in total. The van der Waals surface area contributed by atoms with E-state index in [1.807, 2.05) is 24.2 Å². The Morgan fingerprint density at radius 3 is 3.00 bits per heavy atom. The second kappa shape index (κ2) is 3.14. The van der Waals surface area contributed by atoms with Crippen LogP contribution in [0.5, 0.6) is 0 Å². The number of H-pyrrole nitrogens is 1. The Labute approximate surface area is 80.4 Å². The van der Waals surface area contributed by atoms with E-state index >= 15 is 0 Å². The van der Waals surface area contributed by atoms with Crippen LogP contribution in [0.2, 0.25) is 0 Å². The summed E-state index contributed by atoms with van der Waals surface area (Å²) in [5, 5.41) is 6.81. The van der Waals surface area contributed by atoms with Crippen LogP contribution in [0, 0.1) is 4.77 Å². The van der Waals surface area contributed by atoms with E-state index in [0.29, 0.717) is 11.4 Å². The van der Waals surface area contributed by atoms with Crippen molar-refractivity contribution in [2.45, 2.75) is 0 Å². The smallest absolute Gasteiger partial charge is 0.231 e. The molecule has 0 atom stereocenters. The minimum atomic E-state index is 0.587. The van der Waals surface area contributed by atoms with Gasteiger partial charge in [0.25, 0.3) is 0 Å². The van der Waals surface area contributed by atoms with Crippen LogP contribution in [0.1, 0.15) is 0 Å². The summed E-state index contributed by atoms with van der Waals surface area (Å²) in [7, 11) is 1.87. The zero-order chi connectivity index (χ0) is 9.26. The largest absolute Gasteiger partial charge is 0.297 e. The summed E-state index contributed by atoms with van der Waals surface area (Å²) in [6.45, 7) is 0.587. The molecule has 1 aromatic heterocycles. The standard InChI is InChI=1S/C7H9N5S/c1-11-6(9-10-7(11)13)12-4-2-3-8-5-12/h2-4H,5H2,1H3,(H,10,13). The average Bonchev–Trinajstić information content (AvgIpc) is 2.49. The summed E-state index contributed by atoms with van der Waals surface area (Å²) in [6.07, 6.45) is 5.54. The summed E-state index contributed by atoms with van der Waals surface area (Å²) in [6, 6.07) is 0. The summed E-state index contributed by atoms with van der Waals surface area (Å²) < 4.78 is 2.42. The average molecular weight is 195 g/mol. The van der Waals surface area contributed by atoms with Crippen molar-refractivity contribution in [2.75, 3.05) is 11.6 Å². The highest BCUT2D eigenvalue weighted by Crippen LogP contribution is 2.10. The Kier molecular flexibility index (Phi) is 1.97. The van der Waals surface area contributed by atoms with Crippen LogP contribution in [0.25, 0.3) is 0 Å². The summed E-state index contributed by atoms with van der Waals surface area (Å²) in [4.78, 5) is 6.01. The van der Waals surface area contributed by atoms with Gasteiger partial charge in [0.05, 0.1) is 0 Å². The van der Waals surface area contributed by atoms with Crippen molar-refractivity contribution >= 4 is 24.4 Å². The van der Waals surface area contributed by atoms with E-state index in [4.69, 9.17) is 12.2 Å². The number of nitrogens with zero attached hydrogens (tertiary/aromatic N) is 4. The molecule has 0 spiro atoms. The minimum absolute atomic E-state index is 0.587. The molecule has 2 rings (SSSR count). The number of aromatic nitrogens is 3. The highest BCUT2D eigenvalue weighted by Gasteiger charge is 2.09. The van der Waals surface area contributed by atoms with Crippen molar-refractivity contribution < 1.29 is 0 Å². The lowest BCUT2D eigenvalue weighted by atomic mass is 10.5. The summed E-state index contributed by atoms with van der Waals surface area (Å²) >= 11 is 5.00. The van der Waals surface area contributed by atoms with E-state index in [2.05, 4.69) is 15.2 Å². The van der Waals surface area contributed by atoms with Gasteiger partial charge in [-0.2, -0.15) is 0 Å². The molecule has 13 heavy (non-hydrogen) atoms. The molecule has 68 valence electrons. The molecule has 0 bridgehead atoms. The van der Waals surface area contributed by atoms with Crippen molar-refractivity contribution in [2.24, 2.45) is 12.0 Å². The molecule has 5 nitrogen and oxygen atoms in total. The molecule has 1 aromatic rings. The van der Waals surface area contributed by atoms with Crippen LogP contribution in [0.3, 0.4) is 0 Å². The molecular weight excluding hydrogens is 186 g/mol. The lowest BCUT2D eigenvalue weighted by molar-refractivity contribution is 0.827. The lowest BCUT2D eigenvalue weighted by Crippen LogP contribution is -2.21. The maximum atomic E-state index is 5.00. The van der Waals surface area contributed by atoms with E-state index in [1.165, 1.54) is 0 Å². The Bertz CT molecular complexity index is 413. The SMILES string of the molecule is Cn1c(N2C=CC=NC2)n[nH]c1=S. The number of anilines is 1. The molecule has 0 saturated carbocycles. The van der Waals surface area contributed by atoms with Gasteiger partial charge in [-0.1, -0.05) is 0 Å². The third-order valence-corrected chi connectivity index (χ3v) is 2.17. The second-order valence-corrected chi connectivity index (χ2v) is 3.06. The Morgan fingerprint density at radius 1 is 1.62 bits per heavy atom. The number of aliphatic imine (C=N–C) groups is 1. The van der Waals surface area contributed by atoms with E-state index < -0.39 is 0 Å². The normalized spacial score (nSPS) is 15.3. The van der Waals surface area contributed by atoms with Crippen LogP contribution >= 0.6 is 12.2 Å². The minimum Gasteiger partial charge on any atom is -0.297 e. The van der Waals surface area contributed by atoms with E-state index in [-0.39, 0.29) is 0 Å². The number of hydrogen-bond donors (Lipinski definition) is 1. The van der Waals surface area contributed by atoms with E-state index in [0.717, 1.165) is 5.95 Å². The molecule has 0 aromatic carbocycles. The molecule has 0 radical (unpaired) electrons. The van der Waals surface area contributed by atoms with Gasteiger partial charge >= 0.3 is 0 Å². The zero-order valence-corrected chi connectivity index (χ0v) is 7.95. The molecular formula is C7H9N5S. The van der Waals surface area contributed by atoms with E-state index in [9.17, 15) is 0 Å². The predicted octanol–water partition coefficient (Wildman–Crippen LogP) is 0.840. The lowest BCUT2D eigenvalue weighted by Gasteiger charge is -2.17. The van der Waals surface area contributed by atoms with Gasteiger partial charge in [0.15, 0.2) is 4.77 Å². The number of hydrogen-bond acceptors (Lipinski definition) is 4. The fraction of sp³-hybridized carbons (Fsp3) is 0.286. The van der Waals surface area contributed by atoms with Gasteiger partial charge in [0, 0.05) is 19.5 Å². The molecule has 0 fully saturated rings. The zero-order valence-electron chi connectivity index (χ0n) is 7.14. The Balaban J connectivity index is 2.36. The van der Waals surface area contributed by atoms with Crippen LogP contribution in [0.4, 0.5) is 5.95 Å². The molecule has 0 aliphatic carbocycles. The van der Waals surface area contributed by atoms with Gasteiger partial charge in [0.1, 0.15) is 6.67 Å². The van der Waals surface area contributed by atoms with Crippen LogP contribution in [-0.2, 0) is 7.05 Å². The van der Waals surface area contributed by atoms with Crippen molar-refractivity contribution in [3.05, 3.63) is 17.0 Å². The van der Waals surface area contributed by atoms with Crippen LogP contribution < -0.4 is 4.90 Å². The first-order valence-electron chi connectivity index (χ1n) is 3.83. The Morgan fingerprint density at radius 2 is 2.46 bits per heavy atom. The second-order valence-electron chi connectivity index (χ2n) is 2.67. The first-order chi connectivity index (χ1) is 6.29. The topological polar surface area (TPSA) is 49.2 Å². The molecule has 0 unspecified atom stereocenters. The van der Waals surface area contributed by atoms with Gasteiger partial charge in [0.2, 0.25) is 5.95 Å². The molecule has 2 heterocycles. The van der Waals surface area contributed by atoms with E-state index in [1.54, 1.807) is 10.8 Å². The van der Waals surface area contributed by atoms with Gasteiger partial charge in [-0.3, -0.25) is 14.5 Å². The first-order valence-corrected chi connectivity index (χ1v) is 4.24.